The molecule has 0 aliphatic rings. The summed E-state index contributed by atoms with van der Waals surface area (Å²) < 4.78 is 6.60. The fraction of sp³-hybridized carbons (Fsp3) is 0.136. The lowest BCUT2D eigenvalue weighted by Crippen LogP contribution is -2.21. The third kappa shape index (κ3) is 3.95. The summed E-state index contributed by atoms with van der Waals surface area (Å²) in [6.45, 7) is 0. The number of carbonyl (C=O) groups excluding carboxylic acids is 1. The second kappa shape index (κ2) is 7.97. The van der Waals surface area contributed by atoms with Gasteiger partial charge in [0.1, 0.15) is 5.75 Å². The van der Waals surface area contributed by atoms with E-state index in [-0.39, 0.29) is 17.2 Å². The number of fused-ring (bicyclic) bond motifs is 2. The molecule has 7 heteroatoms. The molecule has 0 atom stereocenters. The molecule has 1 aromatic heterocycles. The molecule has 29 heavy (non-hydrogen) atoms. The molecular weight excluding hydrogens is 386 g/mol. The first kappa shape index (κ1) is 19.0. The SMILES string of the molecule is COc1ccc(NC(=O)CSc2nc3cc4ccccc4cc3c(=O)n2C)cc1. The van der Waals surface area contributed by atoms with Crippen LogP contribution in [0.1, 0.15) is 0 Å². The van der Waals surface area contributed by atoms with Gasteiger partial charge in [-0.2, -0.15) is 0 Å². The van der Waals surface area contributed by atoms with Crippen LogP contribution in [0.4, 0.5) is 5.69 Å². The van der Waals surface area contributed by atoms with Gasteiger partial charge >= 0.3 is 0 Å². The molecule has 4 aromatic rings. The number of rotatable bonds is 5. The molecule has 0 saturated carbocycles. The van der Waals surface area contributed by atoms with Crippen LogP contribution in [0.15, 0.2) is 70.6 Å². The first-order valence-corrected chi connectivity index (χ1v) is 10.00. The van der Waals surface area contributed by atoms with Crippen molar-refractivity contribution in [3.05, 3.63) is 71.0 Å². The van der Waals surface area contributed by atoms with Crippen LogP contribution in [0, 0.1) is 0 Å². The van der Waals surface area contributed by atoms with Gasteiger partial charge in [0.05, 0.1) is 23.8 Å². The first-order chi connectivity index (χ1) is 14.0. The predicted molar refractivity (Wildman–Crippen MR) is 117 cm³/mol. The van der Waals surface area contributed by atoms with Crippen LogP contribution in [-0.4, -0.2) is 28.3 Å². The van der Waals surface area contributed by atoms with E-state index in [0.29, 0.717) is 21.7 Å². The van der Waals surface area contributed by atoms with E-state index in [1.165, 1.54) is 16.3 Å². The summed E-state index contributed by atoms with van der Waals surface area (Å²) in [5.41, 5.74) is 1.19. The number of anilines is 1. The number of nitrogens with zero attached hydrogens (tertiary/aromatic N) is 2. The Kier molecular flexibility index (Phi) is 5.22. The Morgan fingerprint density at radius 2 is 1.79 bits per heavy atom. The van der Waals surface area contributed by atoms with E-state index >= 15 is 0 Å². The Labute approximate surface area is 171 Å². The number of aromatic nitrogens is 2. The van der Waals surface area contributed by atoms with Crippen molar-refractivity contribution in [1.82, 2.24) is 9.55 Å². The highest BCUT2D eigenvalue weighted by molar-refractivity contribution is 7.99. The highest BCUT2D eigenvalue weighted by Crippen LogP contribution is 2.22. The van der Waals surface area contributed by atoms with E-state index in [1.807, 2.05) is 36.4 Å². The van der Waals surface area contributed by atoms with E-state index in [1.54, 1.807) is 38.4 Å². The molecule has 0 radical (unpaired) electrons. The molecule has 0 saturated heterocycles. The molecule has 4 rings (SSSR count). The maximum atomic E-state index is 12.8. The Bertz CT molecular complexity index is 1270. The smallest absolute Gasteiger partial charge is 0.261 e. The normalized spacial score (nSPS) is 11.0. The molecule has 0 unspecified atom stereocenters. The number of hydrogen-bond acceptors (Lipinski definition) is 5. The number of methoxy groups -OCH3 is 1. The van der Waals surface area contributed by atoms with Crippen LogP contribution in [0.25, 0.3) is 21.7 Å². The third-order valence-corrected chi connectivity index (χ3v) is 5.64. The minimum atomic E-state index is -0.173. The second-order valence-electron chi connectivity index (χ2n) is 6.54. The molecule has 0 fully saturated rings. The third-order valence-electron chi connectivity index (χ3n) is 4.61. The Balaban J connectivity index is 1.55. The van der Waals surface area contributed by atoms with Gasteiger partial charge in [0.15, 0.2) is 5.16 Å². The summed E-state index contributed by atoms with van der Waals surface area (Å²) in [4.78, 5) is 29.7. The first-order valence-electron chi connectivity index (χ1n) is 9.01. The van der Waals surface area contributed by atoms with Gasteiger partial charge in [-0.1, -0.05) is 36.0 Å². The largest absolute Gasteiger partial charge is 0.497 e. The van der Waals surface area contributed by atoms with Crippen LogP contribution in [0.2, 0.25) is 0 Å². The molecule has 0 aliphatic heterocycles. The molecule has 1 N–H and O–H groups in total. The number of ether oxygens (including phenoxy) is 1. The van der Waals surface area contributed by atoms with Crippen molar-refractivity contribution in [3.8, 4) is 5.75 Å². The van der Waals surface area contributed by atoms with Crippen molar-refractivity contribution in [1.29, 1.82) is 0 Å². The van der Waals surface area contributed by atoms with Crippen molar-refractivity contribution >= 4 is 45.0 Å². The molecule has 6 nitrogen and oxygen atoms in total. The predicted octanol–water partition coefficient (Wildman–Crippen LogP) is 3.83. The number of benzene rings is 3. The molecule has 0 spiro atoms. The number of amides is 1. The van der Waals surface area contributed by atoms with Gasteiger partial charge in [0.25, 0.3) is 5.56 Å². The van der Waals surface area contributed by atoms with E-state index in [0.717, 1.165) is 16.5 Å². The van der Waals surface area contributed by atoms with Crippen molar-refractivity contribution in [2.75, 3.05) is 18.2 Å². The zero-order valence-corrected chi connectivity index (χ0v) is 16.8. The minimum absolute atomic E-state index is 0.126. The van der Waals surface area contributed by atoms with Gasteiger partial charge in [-0.05, 0) is 47.2 Å². The lowest BCUT2D eigenvalue weighted by Gasteiger charge is -2.10. The highest BCUT2D eigenvalue weighted by atomic mass is 32.2. The maximum absolute atomic E-state index is 12.8. The van der Waals surface area contributed by atoms with E-state index in [9.17, 15) is 9.59 Å². The van der Waals surface area contributed by atoms with Crippen LogP contribution in [0.3, 0.4) is 0 Å². The summed E-state index contributed by atoms with van der Waals surface area (Å²) in [7, 11) is 3.27. The highest BCUT2D eigenvalue weighted by Gasteiger charge is 2.12. The number of thioether (sulfide) groups is 1. The van der Waals surface area contributed by atoms with Crippen LogP contribution < -0.4 is 15.6 Å². The summed E-state index contributed by atoms with van der Waals surface area (Å²) in [6.07, 6.45) is 0. The molecule has 1 amide bonds. The average Bonchev–Trinajstić information content (AvgIpc) is 2.75. The van der Waals surface area contributed by atoms with Crippen molar-refractivity contribution in [2.24, 2.45) is 7.05 Å². The summed E-state index contributed by atoms with van der Waals surface area (Å²) in [5.74, 6) is 0.694. The van der Waals surface area contributed by atoms with E-state index in [4.69, 9.17) is 4.74 Å². The summed E-state index contributed by atoms with van der Waals surface area (Å²) in [5, 5.41) is 5.92. The molecule has 0 bridgehead atoms. The fourth-order valence-corrected chi connectivity index (χ4v) is 3.84. The van der Waals surface area contributed by atoms with Gasteiger partial charge in [-0.15, -0.1) is 0 Å². The Hall–Kier alpha value is -3.32. The van der Waals surface area contributed by atoms with Crippen molar-refractivity contribution < 1.29 is 9.53 Å². The minimum Gasteiger partial charge on any atom is -0.497 e. The summed E-state index contributed by atoms with van der Waals surface area (Å²) >= 11 is 1.23. The van der Waals surface area contributed by atoms with Crippen LogP contribution in [0.5, 0.6) is 5.75 Å². The van der Waals surface area contributed by atoms with E-state index in [2.05, 4.69) is 10.3 Å². The zero-order chi connectivity index (χ0) is 20.4. The molecule has 1 heterocycles. The van der Waals surface area contributed by atoms with Crippen molar-refractivity contribution in [3.63, 3.8) is 0 Å². The Morgan fingerprint density at radius 3 is 2.48 bits per heavy atom. The fourth-order valence-electron chi connectivity index (χ4n) is 3.07. The maximum Gasteiger partial charge on any atom is 0.261 e. The quantitative estimate of drug-likeness (QED) is 0.310. The average molecular weight is 405 g/mol. The lowest BCUT2D eigenvalue weighted by molar-refractivity contribution is -0.113. The number of hydrogen-bond donors (Lipinski definition) is 1. The van der Waals surface area contributed by atoms with Gasteiger partial charge in [-0.3, -0.25) is 14.2 Å². The van der Waals surface area contributed by atoms with Crippen molar-refractivity contribution in [2.45, 2.75) is 5.16 Å². The number of nitrogens with one attached hydrogen (secondary N) is 1. The zero-order valence-electron chi connectivity index (χ0n) is 16.0. The molecule has 0 aliphatic carbocycles. The molecule has 146 valence electrons. The van der Waals surface area contributed by atoms with Gasteiger partial charge in [0.2, 0.25) is 5.91 Å². The monoisotopic (exact) mass is 405 g/mol. The van der Waals surface area contributed by atoms with Gasteiger partial charge in [-0.25, -0.2) is 4.98 Å². The molecular formula is C22H19N3O3S. The number of carbonyl (C=O) groups is 1. The molecule has 3 aromatic carbocycles. The topological polar surface area (TPSA) is 73.2 Å². The van der Waals surface area contributed by atoms with Crippen LogP contribution >= 0.6 is 11.8 Å². The summed E-state index contributed by atoms with van der Waals surface area (Å²) in [6, 6.07) is 18.7. The van der Waals surface area contributed by atoms with Crippen LogP contribution in [-0.2, 0) is 11.8 Å². The van der Waals surface area contributed by atoms with Gasteiger partial charge < -0.3 is 10.1 Å². The Morgan fingerprint density at radius 1 is 1.10 bits per heavy atom. The lowest BCUT2D eigenvalue weighted by atomic mass is 10.1. The van der Waals surface area contributed by atoms with E-state index < -0.39 is 0 Å². The van der Waals surface area contributed by atoms with Gasteiger partial charge in [0, 0.05) is 12.7 Å². The second-order valence-corrected chi connectivity index (χ2v) is 7.48. The standard InChI is InChI=1S/C22H19N3O3S/c1-25-21(27)18-11-14-5-3-4-6-15(14)12-19(18)24-22(25)29-13-20(26)23-16-7-9-17(28-2)10-8-16/h3-12H,13H2,1-2H3,(H,23,26).